The lowest BCUT2D eigenvalue weighted by Gasteiger charge is -2.27. The molecule has 2 heterocycles. The fraction of sp³-hybridized carbons (Fsp3) is 0.600. The molecule has 1 saturated heterocycles. The van der Waals surface area contributed by atoms with Gasteiger partial charge in [0.1, 0.15) is 18.4 Å². The smallest absolute Gasteiger partial charge is 0.223 e. The van der Waals surface area contributed by atoms with Crippen molar-refractivity contribution in [1.29, 1.82) is 0 Å². The van der Waals surface area contributed by atoms with E-state index in [9.17, 15) is 5.11 Å². The van der Waals surface area contributed by atoms with Crippen LogP contribution in [0.2, 0.25) is 0 Å². The Kier molecular flexibility index (Phi) is 2.93. The Morgan fingerprint density at radius 1 is 1.75 bits per heavy atom. The summed E-state index contributed by atoms with van der Waals surface area (Å²) in [5, 5.41) is 9.74. The molecule has 0 bridgehead atoms. The van der Waals surface area contributed by atoms with Crippen molar-refractivity contribution in [1.82, 2.24) is 4.90 Å². The lowest BCUT2D eigenvalue weighted by molar-refractivity contribution is -0.0278. The van der Waals surface area contributed by atoms with Crippen LogP contribution in [0.25, 0.3) is 0 Å². The molecule has 0 saturated carbocycles. The quantitative estimate of drug-likeness (QED) is 0.691. The second-order valence-electron chi connectivity index (χ2n) is 3.88. The molecule has 1 unspecified atom stereocenters. The van der Waals surface area contributed by atoms with E-state index in [2.05, 4.69) is 16.6 Å². The molecular formula is C10H16N4O2. The fourth-order valence-corrected chi connectivity index (χ4v) is 1.90. The first-order chi connectivity index (χ1) is 7.61. The predicted octanol–water partition coefficient (Wildman–Crippen LogP) is 0.00210. The number of rotatable bonds is 2. The van der Waals surface area contributed by atoms with E-state index in [-0.39, 0.29) is 18.3 Å². The average molecular weight is 224 g/mol. The molecule has 6 nitrogen and oxygen atoms in total. The third-order valence-electron chi connectivity index (χ3n) is 2.77. The Morgan fingerprint density at radius 3 is 3.06 bits per heavy atom. The van der Waals surface area contributed by atoms with Crippen molar-refractivity contribution in [2.24, 2.45) is 15.7 Å². The van der Waals surface area contributed by atoms with E-state index in [1.807, 2.05) is 6.92 Å². The zero-order valence-corrected chi connectivity index (χ0v) is 9.21. The van der Waals surface area contributed by atoms with Crippen LogP contribution >= 0.6 is 0 Å². The predicted molar refractivity (Wildman–Crippen MR) is 60.7 cm³/mol. The van der Waals surface area contributed by atoms with E-state index in [0.29, 0.717) is 12.2 Å². The van der Waals surface area contributed by atoms with Crippen molar-refractivity contribution in [3.05, 3.63) is 12.4 Å². The second-order valence-corrected chi connectivity index (χ2v) is 3.88. The lowest BCUT2D eigenvalue weighted by Crippen LogP contribution is -2.36. The highest BCUT2D eigenvalue weighted by atomic mass is 16.5. The van der Waals surface area contributed by atoms with Gasteiger partial charge in [0.05, 0.1) is 12.2 Å². The standard InChI is InChI=1S/C10H16N4O2/c1-3-8-7(15)4-9(16-8)14-5-12-10(11)13-6(14)2/h5,7-9,15H,2-4H2,1H3,(H2,11,13)/t7?,8-,9-/m1/s1. The first-order valence-corrected chi connectivity index (χ1v) is 5.31. The molecular weight excluding hydrogens is 208 g/mol. The highest BCUT2D eigenvalue weighted by molar-refractivity contribution is 5.89. The minimum absolute atomic E-state index is 0.130. The van der Waals surface area contributed by atoms with Gasteiger partial charge in [0.15, 0.2) is 0 Å². The van der Waals surface area contributed by atoms with Gasteiger partial charge < -0.3 is 15.6 Å². The molecule has 0 amide bonds. The molecule has 1 fully saturated rings. The number of aliphatic imine (C=N–C) groups is 2. The van der Waals surface area contributed by atoms with Gasteiger partial charge in [-0.3, -0.25) is 4.90 Å². The Hall–Kier alpha value is -1.40. The molecule has 2 rings (SSSR count). The van der Waals surface area contributed by atoms with E-state index in [1.165, 1.54) is 0 Å². The van der Waals surface area contributed by atoms with Crippen LogP contribution in [0.1, 0.15) is 19.8 Å². The van der Waals surface area contributed by atoms with Crippen LogP contribution in [0.3, 0.4) is 0 Å². The fourth-order valence-electron chi connectivity index (χ4n) is 1.90. The maximum atomic E-state index is 9.74. The number of nitrogens with zero attached hydrogens (tertiary/aromatic N) is 3. The lowest BCUT2D eigenvalue weighted by atomic mass is 10.1. The number of hydrogen-bond acceptors (Lipinski definition) is 6. The average Bonchev–Trinajstić information content (AvgIpc) is 2.59. The van der Waals surface area contributed by atoms with Crippen LogP contribution < -0.4 is 5.73 Å². The summed E-state index contributed by atoms with van der Waals surface area (Å²) in [4.78, 5) is 9.53. The Balaban J connectivity index is 2.06. The van der Waals surface area contributed by atoms with E-state index in [1.54, 1.807) is 11.2 Å². The van der Waals surface area contributed by atoms with Gasteiger partial charge in [0, 0.05) is 6.42 Å². The molecule has 2 aliphatic rings. The van der Waals surface area contributed by atoms with Gasteiger partial charge in [-0.05, 0) is 6.42 Å². The van der Waals surface area contributed by atoms with Gasteiger partial charge in [-0.1, -0.05) is 13.5 Å². The summed E-state index contributed by atoms with van der Waals surface area (Å²) in [7, 11) is 0. The molecule has 0 radical (unpaired) electrons. The summed E-state index contributed by atoms with van der Waals surface area (Å²) in [6.07, 6.45) is 2.02. The van der Waals surface area contributed by atoms with Gasteiger partial charge in [-0.25, -0.2) is 4.99 Å². The van der Waals surface area contributed by atoms with E-state index in [4.69, 9.17) is 10.5 Å². The van der Waals surface area contributed by atoms with Crippen LogP contribution in [-0.2, 0) is 4.74 Å². The number of guanidine groups is 1. The summed E-state index contributed by atoms with van der Waals surface area (Å²) < 4.78 is 5.68. The summed E-state index contributed by atoms with van der Waals surface area (Å²) >= 11 is 0. The Morgan fingerprint density at radius 2 is 2.50 bits per heavy atom. The van der Waals surface area contributed by atoms with E-state index < -0.39 is 6.10 Å². The van der Waals surface area contributed by atoms with Gasteiger partial charge in [0.25, 0.3) is 0 Å². The molecule has 88 valence electrons. The monoisotopic (exact) mass is 224 g/mol. The normalized spacial score (nSPS) is 34.4. The van der Waals surface area contributed by atoms with Gasteiger partial charge in [-0.15, -0.1) is 0 Å². The molecule has 0 aromatic rings. The summed E-state index contributed by atoms with van der Waals surface area (Å²) in [6.45, 7) is 5.75. The van der Waals surface area contributed by atoms with Crippen molar-refractivity contribution >= 4 is 12.3 Å². The van der Waals surface area contributed by atoms with E-state index >= 15 is 0 Å². The van der Waals surface area contributed by atoms with Crippen molar-refractivity contribution in [3.63, 3.8) is 0 Å². The molecule has 0 aliphatic carbocycles. The first kappa shape index (κ1) is 11.1. The summed E-state index contributed by atoms with van der Waals surface area (Å²) in [5.74, 6) is 0.674. The highest BCUT2D eigenvalue weighted by Crippen LogP contribution is 2.27. The summed E-state index contributed by atoms with van der Waals surface area (Å²) in [5.41, 5.74) is 5.44. The van der Waals surface area contributed by atoms with Crippen LogP contribution in [0.15, 0.2) is 22.4 Å². The van der Waals surface area contributed by atoms with Gasteiger partial charge in [-0.2, -0.15) is 4.99 Å². The van der Waals surface area contributed by atoms with Gasteiger partial charge in [0.2, 0.25) is 5.96 Å². The molecule has 0 aromatic heterocycles. The molecule has 2 aliphatic heterocycles. The Labute approximate surface area is 94.1 Å². The zero-order chi connectivity index (χ0) is 11.7. The maximum Gasteiger partial charge on any atom is 0.223 e. The van der Waals surface area contributed by atoms with Crippen molar-refractivity contribution in [3.8, 4) is 0 Å². The SMILES string of the molecule is C=C1N=C(N)N=CN1[C@H]1CC(O)[C@@H](CC)O1. The van der Waals surface area contributed by atoms with Crippen LogP contribution in [-0.4, -0.2) is 40.7 Å². The maximum absolute atomic E-state index is 9.74. The Bertz CT molecular complexity index is 353. The number of nitrogens with two attached hydrogens (primary N) is 1. The largest absolute Gasteiger partial charge is 0.390 e. The third kappa shape index (κ3) is 1.94. The third-order valence-corrected chi connectivity index (χ3v) is 2.77. The van der Waals surface area contributed by atoms with E-state index in [0.717, 1.165) is 6.42 Å². The van der Waals surface area contributed by atoms with Crippen LogP contribution in [0.5, 0.6) is 0 Å². The van der Waals surface area contributed by atoms with Gasteiger partial charge >= 0.3 is 0 Å². The molecule has 3 N–H and O–H groups in total. The number of ether oxygens (including phenoxy) is 1. The van der Waals surface area contributed by atoms with Crippen LogP contribution in [0, 0.1) is 0 Å². The van der Waals surface area contributed by atoms with Crippen molar-refractivity contribution in [2.45, 2.75) is 38.2 Å². The number of aliphatic hydroxyl groups excluding tert-OH is 1. The topological polar surface area (TPSA) is 83.4 Å². The van der Waals surface area contributed by atoms with Crippen molar-refractivity contribution < 1.29 is 9.84 Å². The van der Waals surface area contributed by atoms with Crippen molar-refractivity contribution in [2.75, 3.05) is 0 Å². The molecule has 0 spiro atoms. The number of hydrogen-bond donors (Lipinski definition) is 2. The highest BCUT2D eigenvalue weighted by Gasteiger charge is 2.36. The molecule has 16 heavy (non-hydrogen) atoms. The molecule has 0 aromatic carbocycles. The minimum Gasteiger partial charge on any atom is -0.390 e. The summed E-state index contributed by atoms with van der Waals surface area (Å²) in [6, 6.07) is 0. The molecule has 3 atom stereocenters. The zero-order valence-electron chi connectivity index (χ0n) is 9.21. The number of aliphatic hydroxyl groups is 1. The second kappa shape index (κ2) is 4.23. The first-order valence-electron chi connectivity index (χ1n) is 5.31. The minimum atomic E-state index is -0.445. The molecule has 6 heteroatoms. The van der Waals surface area contributed by atoms with Crippen LogP contribution in [0.4, 0.5) is 0 Å².